The van der Waals surface area contributed by atoms with Crippen molar-refractivity contribution in [3.8, 4) is 5.75 Å². The van der Waals surface area contributed by atoms with E-state index in [1.807, 2.05) is 12.1 Å². The standard InChI is InChI=1S/C16H24N2O3/c1-11(16(19)18-9-10-20-2)21-15-8-4-5-12-13(15)6-3-7-14(12)17/h4-5,8,11,14H,3,6-7,9-10,17H2,1-2H3,(H,18,19). The summed E-state index contributed by atoms with van der Waals surface area (Å²) in [4.78, 5) is 11.9. The van der Waals surface area contributed by atoms with E-state index in [0.29, 0.717) is 13.2 Å². The first-order chi connectivity index (χ1) is 10.1. The Kier molecular flexibility index (Phi) is 5.59. The third kappa shape index (κ3) is 3.95. The van der Waals surface area contributed by atoms with Crippen LogP contribution in [-0.2, 0) is 16.0 Å². The number of rotatable bonds is 6. The fourth-order valence-electron chi connectivity index (χ4n) is 2.63. The van der Waals surface area contributed by atoms with Crippen LogP contribution in [0.15, 0.2) is 18.2 Å². The minimum Gasteiger partial charge on any atom is -0.481 e. The molecule has 116 valence electrons. The van der Waals surface area contributed by atoms with Gasteiger partial charge in [0, 0.05) is 19.7 Å². The van der Waals surface area contributed by atoms with Crippen molar-refractivity contribution in [2.75, 3.05) is 20.3 Å². The molecule has 1 aliphatic carbocycles. The number of hydrogen-bond donors (Lipinski definition) is 2. The summed E-state index contributed by atoms with van der Waals surface area (Å²) in [6.07, 6.45) is 2.48. The lowest BCUT2D eigenvalue weighted by Crippen LogP contribution is -2.38. The highest BCUT2D eigenvalue weighted by Gasteiger charge is 2.22. The largest absolute Gasteiger partial charge is 0.481 e. The van der Waals surface area contributed by atoms with E-state index in [-0.39, 0.29) is 11.9 Å². The Morgan fingerprint density at radius 3 is 3.10 bits per heavy atom. The fourth-order valence-corrected chi connectivity index (χ4v) is 2.63. The maximum atomic E-state index is 11.9. The summed E-state index contributed by atoms with van der Waals surface area (Å²) in [5.41, 5.74) is 8.43. The first kappa shape index (κ1) is 15.8. The van der Waals surface area contributed by atoms with E-state index in [9.17, 15) is 4.79 Å². The second-order valence-electron chi connectivity index (χ2n) is 5.37. The zero-order valence-corrected chi connectivity index (χ0v) is 12.7. The molecule has 0 saturated heterocycles. The van der Waals surface area contributed by atoms with Crippen LogP contribution in [0.5, 0.6) is 5.75 Å². The van der Waals surface area contributed by atoms with Gasteiger partial charge in [0.1, 0.15) is 5.75 Å². The van der Waals surface area contributed by atoms with Gasteiger partial charge in [-0.3, -0.25) is 4.79 Å². The van der Waals surface area contributed by atoms with Crippen LogP contribution in [0.2, 0.25) is 0 Å². The van der Waals surface area contributed by atoms with Gasteiger partial charge in [0.05, 0.1) is 6.61 Å². The molecule has 21 heavy (non-hydrogen) atoms. The number of carbonyl (C=O) groups excluding carboxylic acids is 1. The van der Waals surface area contributed by atoms with Crippen molar-refractivity contribution < 1.29 is 14.3 Å². The Bertz CT molecular complexity index is 490. The Labute approximate surface area is 125 Å². The Morgan fingerprint density at radius 1 is 1.52 bits per heavy atom. The number of amides is 1. The van der Waals surface area contributed by atoms with Crippen molar-refractivity contribution in [1.82, 2.24) is 5.32 Å². The minimum atomic E-state index is -0.536. The molecule has 2 unspecified atom stereocenters. The highest BCUT2D eigenvalue weighted by molar-refractivity contribution is 5.80. The van der Waals surface area contributed by atoms with Gasteiger partial charge < -0.3 is 20.5 Å². The molecular formula is C16H24N2O3. The first-order valence-electron chi connectivity index (χ1n) is 7.44. The van der Waals surface area contributed by atoms with Crippen LogP contribution in [0, 0.1) is 0 Å². The van der Waals surface area contributed by atoms with Gasteiger partial charge in [0.2, 0.25) is 0 Å². The van der Waals surface area contributed by atoms with Gasteiger partial charge in [-0.05, 0) is 43.4 Å². The number of ether oxygens (including phenoxy) is 2. The van der Waals surface area contributed by atoms with Crippen LogP contribution < -0.4 is 15.8 Å². The lowest BCUT2D eigenvalue weighted by atomic mass is 9.87. The molecule has 2 rings (SSSR count). The Morgan fingerprint density at radius 2 is 2.33 bits per heavy atom. The van der Waals surface area contributed by atoms with Crippen LogP contribution in [0.3, 0.4) is 0 Å². The predicted molar refractivity (Wildman–Crippen MR) is 81.3 cm³/mol. The summed E-state index contributed by atoms with van der Waals surface area (Å²) in [6.45, 7) is 2.74. The van der Waals surface area contributed by atoms with Gasteiger partial charge in [0.25, 0.3) is 5.91 Å². The first-order valence-corrected chi connectivity index (χ1v) is 7.44. The third-order valence-corrected chi connectivity index (χ3v) is 3.79. The average molecular weight is 292 g/mol. The van der Waals surface area contributed by atoms with Gasteiger partial charge in [-0.2, -0.15) is 0 Å². The zero-order valence-electron chi connectivity index (χ0n) is 12.7. The number of nitrogens with two attached hydrogens (primary N) is 1. The molecule has 1 aromatic carbocycles. The molecule has 5 heteroatoms. The number of hydrogen-bond acceptors (Lipinski definition) is 4. The zero-order chi connectivity index (χ0) is 15.2. The molecule has 5 nitrogen and oxygen atoms in total. The lowest BCUT2D eigenvalue weighted by molar-refractivity contribution is -0.127. The average Bonchev–Trinajstić information content (AvgIpc) is 2.48. The highest BCUT2D eigenvalue weighted by atomic mass is 16.5. The number of methoxy groups -OCH3 is 1. The summed E-state index contributed by atoms with van der Waals surface area (Å²) >= 11 is 0. The molecule has 0 heterocycles. The highest BCUT2D eigenvalue weighted by Crippen LogP contribution is 2.34. The summed E-state index contributed by atoms with van der Waals surface area (Å²) in [6, 6.07) is 5.98. The van der Waals surface area contributed by atoms with Crippen molar-refractivity contribution in [2.24, 2.45) is 5.73 Å². The molecule has 0 radical (unpaired) electrons. The van der Waals surface area contributed by atoms with E-state index in [1.165, 1.54) is 0 Å². The molecule has 1 amide bonds. The van der Waals surface area contributed by atoms with E-state index in [1.54, 1.807) is 14.0 Å². The maximum Gasteiger partial charge on any atom is 0.260 e. The number of carbonyl (C=O) groups is 1. The van der Waals surface area contributed by atoms with Crippen molar-refractivity contribution in [3.63, 3.8) is 0 Å². The number of benzene rings is 1. The van der Waals surface area contributed by atoms with E-state index < -0.39 is 6.10 Å². The molecule has 1 aromatic rings. The molecule has 0 saturated carbocycles. The van der Waals surface area contributed by atoms with Crippen molar-refractivity contribution in [1.29, 1.82) is 0 Å². The van der Waals surface area contributed by atoms with E-state index in [0.717, 1.165) is 36.1 Å². The van der Waals surface area contributed by atoms with Crippen LogP contribution in [0.4, 0.5) is 0 Å². The molecule has 2 atom stereocenters. The van der Waals surface area contributed by atoms with Gasteiger partial charge in [-0.1, -0.05) is 12.1 Å². The second-order valence-corrected chi connectivity index (χ2v) is 5.37. The van der Waals surface area contributed by atoms with Gasteiger partial charge in [-0.15, -0.1) is 0 Å². The minimum absolute atomic E-state index is 0.0723. The van der Waals surface area contributed by atoms with Gasteiger partial charge in [-0.25, -0.2) is 0 Å². The van der Waals surface area contributed by atoms with E-state index in [4.69, 9.17) is 15.2 Å². The van der Waals surface area contributed by atoms with Gasteiger partial charge in [0.15, 0.2) is 6.10 Å². The van der Waals surface area contributed by atoms with E-state index >= 15 is 0 Å². The third-order valence-electron chi connectivity index (χ3n) is 3.79. The molecule has 0 bridgehead atoms. The smallest absolute Gasteiger partial charge is 0.260 e. The van der Waals surface area contributed by atoms with Crippen molar-refractivity contribution in [2.45, 2.75) is 38.3 Å². The van der Waals surface area contributed by atoms with Crippen molar-refractivity contribution in [3.05, 3.63) is 29.3 Å². The van der Waals surface area contributed by atoms with E-state index in [2.05, 4.69) is 11.4 Å². The summed E-state index contributed by atoms with van der Waals surface area (Å²) in [5, 5.41) is 2.78. The molecule has 3 N–H and O–H groups in total. The monoisotopic (exact) mass is 292 g/mol. The van der Waals surface area contributed by atoms with Crippen LogP contribution in [0.25, 0.3) is 0 Å². The maximum absolute atomic E-state index is 11.9. The molecule has 1 aliphatic rings. The quantitative estimate of drug-likeness (QED) is 0.780. The second kappa shape index (κ2) is 7.43. The molecular weight excluding hydrogens is 268 g/mol. The topological polar surface area (TPSA) is 73.6 Å². The SMILES string of the molecule is COCCNC(=O)C(C)Oc1cccc2c1CCCC2N. The Hall–Kier alpha value is -1.59. The van der Waals surface area contributed by atoms with Crippen molar-refractivity contribution >= 4 is 5.91 Å². The number of fused-ring (bicyclic) bond motifs is 1. The summed E-state index contributed by atoms with van der Waals surface area (Å²) in [7, 11) is 1.60. The Balaban J connectivity index is 2.02. The molecule has 0 spiro atoms. The fraction of sp³-hybridized carbons (Fsp3) is 0.562. The van der Waals surface area contributed by atoms with Gasteiger partial charge >= 0.3 is 0 Å². The number of nitrogens with one attached hydrogen (secondary N) is 1. The van der Waals surface area contributed by atoms with Crippen LogP contribution in [0.1, 0.15) is 36.9 Å². The van der Waals surface area contributed by atoms with Crippen LogP contribution in [-0.4, -0.2) is 32.3 Å². The van der Waals surface area contributed by atoms with Crippen LogP contribution >= 0.6 is 0 Å². The predicted octanol–water partition coefficient (Wildman–Crippen LogP) is 1.55. The lowest BCUT2D eigenvalue weighted by Gasteiger charge is -2.25. The molecule has 0 aliphatic heterocycles. The normalized spacial score (nSPS) is 18.7. The summed E-state index contributed by atoms with van der Waals surface area (Å²) in [5.74, 6) is 0.641. The molecule has 0 aromatic heterocycles. The molecule has 0 fully saturated rings. The summed E-state index contributed by atoms with van der Waals surface area (Å²) < 4.78 is 10.8.